The lowest BCUT2D eigenvalue weighted by Gasteiger charge is -2.46. The summed E-state index contributed by atoms with van der Waals surface area (Å²) in [6, 6.07) is 31.4. The van der Waals surface area contributed by atoms with Gasteiger partial charge in [-0.3, -0.25) is 0 Å². The third kappa shape index (κ3) is 8.31. The molecule has 5 rings (SSSR count). The minimum atomic E-state index is -0.440. The molecular formula is C40H44BrClO4. The Balaban J connectivity index is 1.57. The number of aryl methyl sites for hydroxylation is 1. The molecule has 0 spiro atoms. The standard InChI is InChI=1S/C40H44BrClO4/c1-5-22-43-39-35(41)33(24-32(36(39)42)23-29-20-18-28(6-2)19-21-29)38-40(45-26-31-16-12-9-13-17-31)37(27(4)34(7-3)46-38)44-25-30-14-10-8-11-15-30/h5,8-21,24,27,34,37-38,40H,1,6-7,22-23,25-26H2,2-4H3/t27-,34-,37+,38+,40-/m1/s1. The van der Waals surface area contributed by atoms with E-state index in [1.165, 1.54) is 11.1 Å². The van der Waals surface area contributed by atoms with E-state index >= 15 is 0 Å². The molecule has 0 aliphatic carbocycles. The second kappa shape index (κ2) is 16.8. The van der Waals surface area contributed by atoms with E-state index in [9.17, 15) is 0 Å². The Kier molecular flexibility index (Phi) is 12.5. The maximum atomic E-state index is 7.09. The number of benzene rings is 4. The molecule has 0 amide bonds. The number of halogens is 2. The SMILES string of the molecule is C=CCOc1c(Cl)c(Cc2ccc(CC)cc2)cc([C@@H]2O[C@H](CC)[C@@H](C)[C@H](OCc3ccccc3)[C@H]2OCc2ccccc2)c1Br. The largest absolute Gasteiger partial charge is 0.487 e. The fraction of sp³-hybridized carbons (Fsp3) is 0.350. The second-order valence-electron chi connectivity index (χ2n) is 11.9. The van der Waals surface area contributed by atoms with Gasteiger partial charge in [-0.15, -0.1) is 0 Å². The van der Waals surface area contributed by atoms with E-state index in [1.54, 1.807) is 6.08 Å². The third-order valence-electron chi connectivity index (χ3n) is 8.76. The first-order chi connectivity index (χ1) is 22.4. The summed E-state index contributed by atoms with van der Waals surface area (Å²) in [5, 5.41) is 0.576. The first-order valence-electron chi connectivity index (χ1n) is 16.2. The summed E-state index contributed by atoms with van der Waals surface area (Å²) in [4.78, 5) is 0. The van der Waals surface area contributed by atoms with Gasteiger partial charge in [0.05, 0.1) is 34.9 Å². The van der Waals surface area contributed by atoms with Gasteiger partial charge in [0.2, 0.25) is 0 Å². The highest BCUT2D eigenvalue weighted by Crippen LogP contribution is 2.47. The van der Waals surface area contributed by atoms with Crippen LogP contribution in [-0.2, 0) is 40.3 Å². The first-order valence-corrected chi connectivity index (χ1v) is 17.4. The number of hydrogen-bond acceptors (Lipinski definition) is 4. The predicted octanol–water partition coefficient (Wildman–Crippen LogP) is 10.5. The fourth-order valence-corrected chi connectivity index (χ4v) is 7.20. The zero-order chi connectivity index (χ0) is 32.5. The van der Waals surface area contributed by atoms with Gasteiger partial charge in [-0.2, -0.15) is 0 Å². The molecule has 4 nitrogen and oxygen atoms in total. The van der Waals surface area contributed by atoms with Crippen LogP contribution in [0.3, 0.4) is 0 Å². The molecule has 242 valence electrons. The number of ether oxygens (including phenoxy) is 4. The zero-order valence-corrected chi connectivity index (χ0v) is 29.3. The maximum absolute atomic E-state index is 7.09. The van der Waals surface area contributed by atoms with Gasteiger partial charge in [0.25, 0.3) is 0 Å². The molecule has 4 aromatic carbocycles. The Morgan fingerprint density at radius 1 is 0.826 bits per heavy atom. The molecule has 0 N–H and O–H groups in total. The third-order valence-corrected chi connectivity index (χ3v) is 10.00. The predicted molar refractivity (Wildman–Crippen MR) is 191 cm³/mol. The molecule has 6 heteroatoms. The van der Waals surface area contributed by atoms with Crippen molar-refractivity contribution >= 4 is 27.5 Å². The van der Waals surface area contributed by atoms with E-state index in [2.05, 4.69) is 97.9 Å². The van der Waals surface area contributed by atoms with Crippen molar-refractivity contribution in [3.8, 4) is 5.75 Å². The summed E-state index contributed by atoms with van der Waals surface area (Å²) in [6.07, 6.45) is 3.12. The van der Waals surface area contributed by atoms with Gasteiger partial charge < -0.3 is 18.9 Å². The average molecular weight is 704 g/mol. The van der Waals surface area contributed by atoms with Crippen molar-refractivity contribution in [1.29, 1.82) is 0 Å². The van der Waals surface area contributed by atoms with Crippen LogP contribution in [0.1, 0.15) is 66.7 Å². The summed E-state index contributed by atoms with van der Waals surface area (Å²) >= 11 is 11.0. The lowest BCUT2D eigenvalue weighted by Crippen LogP contribution is -2.51. The van der Waals surface area contributed by atoms with E-state index in [0.717, 1.165) is 39.6 Å². The van der Waals surface area contributed by atoms with Crippen LogP contribution < -0.4 is 4.74 Å². The van der Waals surface area contributed by atoms with Crippen LogP contribution >= 0.6 is 27.5 Å². The van der Waals surface area contributed by atoms with E-state index in [1.807, 2.05) is 36.4 Å². The second-order valence-corrected chi connectivity index (χ2v) is 13.1. The lowest BCUT2D eigenvalue weighted by atomic mass is 9.83. The molecule has 1 saturated heterocycles. The molecule has 0 bridgehead atoms. The highest BCUT2D eigenvalue weighted by molar-refractivity contribution is 9.10. The number of rotatable bonds is 14. The van der Waals surface area contributed by atoms with E-state index in [4.69, 9.17) is 30.5 Å². The molecule has 1 heterocycles. The summed E-state index contributed by atoms with van der Waals surface area (Å²) in [5.41, 5.74) is 6.58. The Labute approximate surface area is 287 Å². The fourth-order valence-electron chi connectivity index (χ4n) is 6.16. The summed E-state index contributed by atoms with van der Waals surface area (Å²) in [5.74, 6) is 0.683. The van der Waals surface area contributed by atoms with Crippen molar-refractivity contribution in [3.63, 3.8) is 0 Å². The van der Waals surface area contributed by atoms with Crippen LogP contribution in [0, 0.1) is 5.92 Å². The van der Waals surface area contributed by atoms with E-state index in [-0.39, 0.29) is 18.1 Å². The minimum absolute atomic E-state index is 0.0347. The Bertz CT molecular complexity index is 1540. The van der Waals surface area contributed by atoms with Crippen LogP contribution in [0.4, 0.5) is 0 Å². The van der Waals surface area contributed by atoms with Crippen molar-refractivity contribution < 1.29 is 18.9 Å². The van der Waals surface area contributed by atoms with Crippen LogP contribution in [-0.4, -0.2) is 24.9 Å². The number of hydrogen-bond donors (Lipinski definition) is 0. The molecule has 0 aromatic heterocycles. The van der Waals surface area contributed by atoms with Gasteiger partial charge in [0.15, 0.2) is 5.75 Å². The molecule has 1 aliphatic heterocycles. The van der Waals surface area contributed by atoms with Crippen LogP contribution in [0.5, 0.6) is 5.75 Å². The molecular weight excluding hydrogens is 660 g/mol. The van der Waals surface area contributed by atoms with Gasteiger partial charge in [-0.25, -0.2) is 0 Å². The van der Waals surface area contributed by atoms with Crippen molar-refractivity contribution in [3.05, 3.63) is 147 Å². The Hall–Kier alpha value is -2.93. The summed E-state index contributed by atoms with van der Waals surface area (Å²) in [7, 11) is 0. The van der Waals surface area contributed by atoms with Gasteiger partial charge in [0, 0.05) is 11.5 Å². The monoisotopic (exact) mass is 702 g/mol. The molecule has 1 aliphatic rings. The highest BCUT2D eigenvalue weighted by Gasteiger charge is 2.46. The van der Waals surface area contributed by atoms with Crippen molar-refractivity contribution in [2.75, 3.05) is 6.61 Å². The molecule has 0 radical (unpaired) electrons. The van der Waals surface area contributed by atoms with Gasteiger partial charge in [-0.1, -0.05) is 130 Å². The molecule has 1 fully saturated rings. The minimum Gasteiger partial charge on any atom is -0.487 e. The van der Waals surface area contributed by atoms with Crippen LogP contribution in [0.2, 0.25) is 5.02 Å². The summed E-state index contributed by atoms with van der Waals surface area (Å²) < 4.78 is 27.6. The maximum Gasteiger partial charge on any atom is 0.153 e. The van der Waals surface area contributed by atoms with Crippen molar-refractivity contribution in [2.24, 2.45) is 5.92 Å². The van der Waals surface area contributed by atoms with Crippen molar-refractivity contribution in [2.45, 2.75) is 77.7 Å². The topological polar surface area (TPSA) is 36.9 Å². The van der Waals surface area contributed by atoms with Crippen LogP contribution in [0.25, 0.3) is 0 Å². The van der Waals surface area contributed by atoms with E-state index in [0.29, 0.717) is 37.0 Å². The normalized spacial score (nSPS) is 21.2. The zero-order valence-electron chi connectivity index (χ0n) is 27.0. The molecule has 4 aromatic rings. The van der Waals surface area contributed by atoms with Gasteiger partial charge in [0.1, 0.15) is 18.8 Å². The van der Waals surface area contributed by atoms with Gasteiger partial charge in [-0.05, 0) is 69.1 Å². The van der Waals surface area contributed by atoms with Crippen LogP contribution in [0.15, 0.2) is 108 Å². The molecule has 5 atom stereocenters. The van der Waals surface area contributed by atoms with Crippen molar-refractivity contribution in [1.82, 2.24) is 0 Å². The first kappa shape index (κ1) is 34.4. The lowest BCUT2D eigenvalue weighted by molar-refractivity contribution is -0.235. The highest BCUT2D eigenvalue weighted by atomic mass is 79.9. The van der Waals surface area contributed by atoms with Gasteiger partial charge >= 0.3 is 0 Å². The molecule has 0 saturated carbocycles. The van der Waals surface area contributed by atoms with E-state index < -0.39 is 12.2 Å². The smallest absolute Gasteiger partial charge is 0.153 e. The Morgan fingerprint density at radius 2 is 1.41 bits per heavy atom. The Morgan fingerprint density at radius 3 is 1.98 bits per heavy atom. The molecule has 46 heavy (non-hydrogen) atoms. The molecule has 0 unspecified atom stereocenters. The summed E-state index contributed by atoms with van der Waals surface area (Å²) in [6.45, 7) is 11.6. The average Bonchev–Trinajstić information content (AvgIpc) is 3.09. The quantitative estimate of drug-likeness (QED) is 0.123.